The van der Waals surface area contributed by atoms with Gasteiger partial charge < -0.3 is 5.11 Å². The molecule has 0 aliphatic carbocycles. The van der Waals surface area contributed by atoms with Crippen molar-refractivity contribution in [1.82, 2.24) is 4.98 Å². The van der Waals surface area contributed by atoms with E-state index >= 15 is 0 Å². The molecule has 1 aromatic carbocycles. The highest BCUT2D eigenvalue weighted by atomic mass is 19.4. The number of hydrogen-bond acceptors (Lipinski definition) is 2. The van der Waals surface area contributed by atoms with Crippen molar-refractivity contribution in [2.75, 3.05) is 0 Å². The first-order valence-electron chi connectivity index (χ1n) is 5.72. The summed E-state index contributed by atoms with van der Waals surface area (Å²) in [7, 11) is 0. The van der Waals surface area contributed by atoms with Crippen LogP contribution in [0.5, 0.6) is 0 Å². The summed E-state index contributed by atoms with van der Waals surface area (Å²) in [5.41, 5.74) is 0.109. The summed E-state index contributed by atoms with van der Waals surface area (Å²) in [6, 6.07) is 9.94. The van der Waals surface area contributed by atoms with Crippen LogP contribution in [-0.4, -0.2) is 10.1 Å². The number of alkyl halides is 3. The molecule has 1 atom stereocenters. The number of hydrogen-bond donors (Lipinski definition) is 1. The van der Waals surface area contributed by atoms with E-state index in [4.69, 9.17) is 0 Å². The highest BCUT2D eigenvalue weighted by Crippen LogP contribution is 2.31. The summed E-state index contributed by atoms with van der Waals surface area (Å²) in [6.45, 7) is 0. The van der Waals surface area contributed by atoms with Gasteiger partial charge in [-0.2, -0.15) is 13.2 Å². The maximum atomic E-state index is 12.6. The zero-order valence-electron chi connectivity index (χ0n) is 9.93. The number of nitrogens with zero attached hydrogens (tertiary/aromatic N) is 1. The Bertz CT molecular complexity index is 540. The SMILES string of the molecule is OC(Cc1ccccn1)c1cccc(C(F)(F)F)c1. The topological polar surface area (TPSA) is 33.1 Å². The number of aliphatic hydroxyl groups excluding tert-OH is 1. The molecule has 2 rings (SSSR count). The predicted octanol–water partition coefficient (Wildman–Crippen LogP) is 3.38. The molecule has 0 spiro atoms. The Morgan fingerprint density at radius 2 is 1.89 bits per heavy atom. The number of halogens is 3. The first-order chi connectivity index (χ1) is 8.97. The second kappa shape index (κ2) is 5.40. The predicted molar refractivity (Wildman–Crippen MR) is 64.3 cm³/mol. The van der Waals surface area contributed by atoms with Crippen LogP contribution in [0.3, 0.4) is 0 Å². The van der Waals surface area contributed by atoms with Crippen LogP contribution in [0.2, 0.25) is 0 Å². The Hall–Kier alpha value is -1.88. The maximum Gasteiger partial charge on any atom is 0.416 e. The van der Waals surface area contributed by atoms with Crippen LogP contribution in [0.15, 0.2) is 48.7 Å². The number of aromatic nitrogens is 1. The molecule has 2 nitrogen and oxygen atoms in total. The lowest BCUT2D eigenvalue weighted by molar-refractivity contribution is -0.137. The van der Waals surface area contributed by atoms with E-state index in [0.29, 0.717) is 5.69 Å². The highest BCUT2D eigenvalue weighted by molar-refractivity contribution is 5.28. The molecule has 5 heteroatoms. The van der Waals surface area contributed by atoms with Crippen LogP contribution in [0.1, 0.15) is 22.9 Å². The van der Waals surface area contributed by atoms with E-state index in [1.807, 2.05) is 0 Å². The molecular formula is C14H12F3NO. The summed E-state index contributed by atoms with van der Waals surface area (Å²) in [6.07, 6.45) is -3.64. The number of pyridine rings is 1. The van der Waals surface area contributed by atoms with Gasteiger partial charge in [0.25, 0.3) is 0 Å². The van der Waals surface area contributed by atoms with Gasteiger partial charge in [-0.1, -0.05) is 18.2 Å². The Labute approximate surface area is 108 Å². The highest BCUT2D eigenvalue weighted by Gasteiger charge is 2.30. The summed E-state index contributed by atoms with van der Waals surface area (Å²) >= 11 is 0. The normalized spacial score (nSPS) is 13.3. The molecule has 0 saturated carbocycles. The van der Waals surface area contributed by atoms with Crippen molar-refractivity contribution in [1.29, 1.82) is 0 Å². The van der Waals surface area contributed by atoms with Crippen molar-refractivity contribution in [3.05, 3.63) is 65.5 Å². The van der Waals surface area contributed by atoms with E-state index in [2.05, 4.69) is 4.98 Å². The van der Waals surface area contributed by atoms with E-state index in [0.717, 1.165) is 12.1 Å². The van der Waals surface area contributed by atoms with E-state index in [9.17, 15) is 18.3 Å². The molecule has 100 valence electrons. The fourth-order valence-corrected chi connectivity index (χ4v) is 1.76. The summed E-state index contributed by atoms with van der Waals surface area (Å²) < 4.78 is 37.7. The Morgan fingerprint density at radius 1 is 1.11 bits per heavy atom. The summed E-state index contributed by atoms with van der Waals surface area (Å²) in [4.78, 5) is 4.03. The minimum Gasteiger partial charge on any atom is -0.388 e. The molecule has 0 saturated heterocycles. The van der Waals surface area contributed by atoms with Crippen LogP contribution in [0.25, 0.3) is 0 Å². The lowest BCUT2D eigenvalue weighted by Crippen LogP contribution is -2.08. The third kappa shape index (κ3) is 3.54. The molecular weight excluding hydrogens is 255 g/mol. The molecule has 0 aliphatic rings. The zero-order valence-corrected chi connectivity index (χ0v) is 9.93. The number of benzene rings is 1. The minimum atomic E-state index is -4.40. The molecule has 0 amide bonds. The fraction of sp³-hybridized carbons (Fsp3) is 0.214. The molecule has 1 heterocycles. The average molecular weight is 267 g/mol. The summed E-state index contributed by atoms with van der Waals surface area (Å²) in [5, 5.41) is 9.96. The van der Waals surface area contributed by atoms with Crippen molar-refractivity contribution in [2.45, 2.75) is 18.7 Å². The molecule has 1 unspecified atom stereocenters. The molecule has 2 aromatic rings. The van der Waals surface area contributed by atoms with Gasteiger partial charge >= 0.3 is 6.18 Å². The van der Waals surface area contributed by atoms with Gasteiger partial charge in [0.15, 0.2) is 0 Å². The van der Waals surface area contributed by atoms with E-state index in [-0.39, 0.29) is 12.0 Å². The average Bonchev–Trinajstić information content (AvgIpc) is 2.39. The summed E-state index contributed by atoms with van der Waals surface area (Å²) in [5.74, 6) is 0. The Balaban J connectivity index is 2.18. The Morgan fingerprint density at radius 3 is 2.53 bits per heavy atom. The molecule has 1 N–H and O–H groups in total. The monoisotopic (exact) mass is 267 g/mol. The maximum absolute atomic E-state index is 12.6. The van der Waals surface area contributed by atoms with Gasteiger partial charge in [-0.3, -0.25) is 4.98 Å². The molecule has 19 heavy (non-hydrogen) atoms. The molecule has 0 aliphatic heterocycles. The second-order valence-corrected chi connectivity index (χ2v) is 4.16. The van der Waals surface area contributed by atoms with E-state index in [1.165, 1.54) is 12.1 Å². The standard InChI is InChI=1S/C14H12F3NO/c15-14(16,17)11-5-3-4-10(8-11)13(19)9-12-6-1-2-7-18-12/h1-8,13,19H,9H2. The molecule has 1 aromatic heterocycles. The largest absolute Gasteiger partial charge is 0.416 e. The first-order valence-corrected chi connectivity index (χ1v) is 5.72. The van der Waals surface area contributed by atoms with Crippen LogP contribution in [0.4, 0.5) is 13.2 Å². The van der Waals surface area contributed by atoms with Crippen molar-refractivity contribution in [3.63, 3.8) is 0 Å². The lowest BCUT2D eigenvalue weighted by Gasteiger charge is -2.13. The third-order valence-corrected chi connectivity index (χ3v) is 2.73. The minimum absolute atomic E-state index is 0.183. The molecule has 0 radical (unpaired) electrons. The van der Waals surface area contributed by atoms with Crippen molar-refractivity contribution >= 4 is 0 Å². The van der Waals surface area contributed by atoms with Crippen LogP contribution >= 0.6 is 0 Å². The molecule has 0 bridgehead atoms. The van der Waals surface area contributed by atoms with Gasteiger partial charge in [-0.15, -0.1) is 0 Å². The fourth-order valence-electron chi connectivity index (χ4n) is 1.76. The smallest absolute Gasteiger partial charge is 0.388 e. The number of rotatable bonds is 3. The van der Waals surface area contributed by atoms with Crippen molar-refractivity contribution < 1.29 is 18.3 Å². The van der Waals surface area contributed by atoms with Gasteiger partial charge in [-0.25, -0.2) is 0 Å². The molecule has 0 fully saturated rings. The quantitative estimate of drug-likeness (QED) is 0.924. The van der Waals surface area contributed by atoms with Gasteiger partial charge in [0.05, 0.1) is 11.7 Å². The van der Waals surface area contributed by atoms with Crippen LogP contribution in [0, 0.1) is 0 Å². The van der Waals surface area contributed by atoms with Gasteiger partial charge in [-0.05, 0) is 29.8 Å². The van der Waals surface area contributed by atoms with Crippen LogP contribution < -0.4 is 0 Å². The van der Waals surface area contributed by atoms with Gasteiger partial charge in [0.2, 0.25) is 0 Å². The second-order valence-electron chi connectivity index (χ2n) is 4.16. The van der Waals surface area contributed by atoms with Gasteiger partial charge in [0, 0.05) is 18.3 Å². The lowest BCUT2D eigenvalue weighted by atomic mass is 10.0. The Kier molecular flexibility index (Phi) is 3.85. The number of aliphatic hydroxyl groups is 1. The van der Waals surface area contributed by atoms with Crippen molar-refractivity contribution in [2.24, 2.45) is 0 Å². The first kappa shape index (κ1) is 13.5. The van der Waals surface area contributed by atoms with Gasteiger partial charge in [0.1, 0.15) is 0 Å². The van der Waals surface area contributed by atoms with Crippen LogP contribution in [-0.2, 0) is 12.6 Å². The van der Waals surface area contributed by atoms with E-state index in [1.54, 1.807) is 24.4 Å². The van der Waals surface area contributed by atoms with Crippen molar-refractivity contribution in [3.8, 4) is 0 Å². The third-order valence-electron chi connectivity index (χ3n) is 2.73. The van der Waals surface area contributed by atoms with E-state index < -0.39 is 17.8 Å². The zero-order chi connectivity index (χ0) is 13.9.